The first-order chi connectivity index (χ1) is 8.96. The average Bonchev–Trinajstić information content (AvgIpc) is 2.33. The Hall–Kier alpha value is -0.423. The van der Waals surface area contributed by atoms with E-state index in [1.54, 1.807) is 0 Å². The van der Waals surface area contributed by atoms with Crippen molar-refractivity contribution in [3.63, 3.8) is 0 Å². The Morgan fingerprint density at radius 1 is 1.35 bits per heavy atom. The highest BCUT2D eigenvalue weighted by Gasteiger charge is 2.41. The predicted octanol–water partition coefficient (Wildman–Crippen LogP) is 3.50. The van der Waals surface area contributed by atoms with Crippen molar-refractivity contribution in [3.05, 3.63) is 24.3 Å². The maximum Gasteiger partial charge on any atom is 0.192 e. The molecule has 0 spiro atoms. The minimum absolute atomic E-state index is 0.0178. The van der Waals surface area contributed by atoms with E-state index in [4.69, 9.17) is 9.53 Å². The molecule has 0 aliphatic heterocycles. The molecule has 0 rings (SSSR count). The van der Waals surface area contributed by atoms with E-state index in [9.17, 15) is 5.11 Å². The molecule has 0 amide bonds. The summed E-state index contributed by atoms with van der Waals surface area (Å²) in [6, 6.07) is 0. The molecule has 118 valence electrons. The Morgan fingerprint density at radius 3 is 2.20 bits per heavy atom. The molecule has 3 nitrogen and oxygen atoms in total. The van der Waals surface area contributed by atoms with Crippen molar-refractivity contribution in [3.8, 4) is 0 Å². The molecular weight excluding hydrogens is 268 g/mol. The van der Waals surface area contributed by atoms with Crippen LogP contribution in [0.3, 0.4) is 0 Å². The van der Waals surface area contributed by atoms with Gasteiger partial charge >= 0.3 is 0 Å². The number of aliphatic hydroxyl groups excluding tert-OH is 2. The van der Waals surface area contributed by atoms with E-state index in [1.165, 1.54) is 6.08 Å². The Balaban J connectivity index is 5.24. The highest BCUT2D eigenvalue weighted by Crippen LogP contribution is 2.38. The summed E-state index contributed by atoms with van der Waals surface area (Å²) in [6.07, 6.45) is 2.46. The van der Waals surface area contributed by atoms with Crippen LogP contribution in [0, 0.1) is 5.92 Å². The Kier molecular flexibility index (Phi) is 7.39. The van der Waals surface area contributed by atoms with Gasteiger partial charge in [0.05, 0.1) is 18.8 Å². The quantitative estimate of drug-likeness (QED) is 0.559. The summed E-state index contributed by atoms with van der Waals surface area (Å²) in [5.41, 5.74) is 0.887. The molecule has 4 heteroatoms. The van der Waals surface area contributed by atoms with Gasteiger partial charge in [-0.25, -0.2) is 0 Å². The molecular formula is C16H32O3Si. The van der Waals surface area contributed by atoms with Crippen molar-refractivity contribution in [2.45, 2.75) is 65.0 Å². The standard InChI is InChI=1S/C16H32O3Si/c1-9-14(18)15(13(3)10-12(2)11-17)19-20(7,8)16(4,5)6/h9-10,13-15,17-18H,1,11H2,2-8H3/b12-10-/t13-,14+,15+/m1/s1. The summed E-state index contributed by atoms with van der Waals surface area (Å²) in [6.45, 7) is 18.5. The molecule has 0 aromatic heterocycles. The summed E-state index contributed by atoms with van der Waals surface area (Å²) < 4.78 is 6.35. The third-order valence-electron chi connectivity index (χ3n) is 4.13. The van der Waals surface area contributed by atoms with E-state index >= 15 is 0 Å². The van der Waals surface area contributed by atoms with Gasteiger partial charge in [0.1, 0.15) is 0 Å². The lowest BCUT2D eigenvalue weighted by Gasteiger charge is -2.41. The van der Waals surface area contributed by atoms with E-state index in [0.29, 0.717) is 0 Å². The first kappa shape index (κ1) is 19.6. The SMILES string of the molecule is C=C[C@H](O)[C@@H](O[Si](C)(C)C(C)(C)C)[C@H](C)/C=C(/C)CO. The number of aliphatic hydroxyl groups is 2. The second-order valence-corrected chi connectivity index (χ2v) is 11.9. The number of rotatable bonds is 7. The topological polar surface area (TPSA) is 49.7 Å². The molecule has 0 heterocycles. The van der Waals surface area contributed by atoms with E-state index in [1.807, 2.05) is 19.9 Å². The highest BCUT2D eigenvalue weighted by molar-refractivity contribution is 6.74. The van der Waals surface area contributed by atoms with Crippen molar-refractivity contribution in [1.82, 2.24) is 0 Å². The maximum atomic E-state index is 10.2. The normalized spacial score (nSPS) is 18.6. The minimum atomic E-state index is -1.97. The molecule has 2 N–H and O–H groups in total. The van der Waals surface area contributed by atoms with Gasteiger partial charge in [-0.1, -0.05) is 45.4 Å². The molecule has 0 radical (unpaired) electrons. The Labute approximate surface area is 125 Å². The zero-order valence-corrected chi connectivity index (χ0v) is 15.1. The van der Waals surface area contributed by atoms with Crippen LogP contribution in [0.15, 0.2) is 24.3 Å². The molecule has 0 aromatic rings. The van der Waals surface area contributed by atoms with E-state index in [2.05, 4.69) is 40.4 Å². The second kappa shape index (κ2) is 7.55. The molecule has 0 aromatic carbocycles. The fourth-order valence-corrected chi connectivity index (χ4v) is 3.12. The van der Waals surface area contributed by atoms with Crippen LogP contribution in [0.4, 0.5) is 0 Å². The molecule has 0 saturated carbocycles. The van der Waals surface area contributed by atoms with Crippen molar-refractivity contribution in [2.24, 2.45) is 5.92 Å². The lowest BCUT2D eigenvalue weighted by molar-refractivity contribution is 0.0342. The van der Waals surface area contributed by atoms with Crippen molar-refractivity contribution >= 4 is 8.32 Å². The van der Waals surface area contributed by atoms with Crippen LogP contribution in [0.5, 0.6) is 0 Å². The summed E-state index contributed by atoms with van der Waals surface area (Å²) in [5.74, 6) is 0.0178. The van der Waals surface area contributed by atoms with E-state index in [0.717, 1.165) is 5.57 Å². The molecule has 0 unspecified atom stereocenters. The van der Waals surface area contributed by atoms with Crippen molar-refractivity contribution in [1.29, 1.82) is 0 Å². The number of hydrogen-bond donors (Lipinski definition) is 2. The van der Waals surface area contributed by atoms with Gasteiger partial charge < -0.3 is 14.6 Å². The fourth-order valence-electron chi connectivity index (χ4n) is 1.74. The zero-order chi connectivity index (χ0) is 16.1. The third kappa shape index (κ3) is 5.52. The van der Waals surface area contributed by atoms with Gasteiger partial charge in [0.2, 0.25) is 0 Å². The van der Waals surface area contributed by atoms with Gasteiger partial charge in [-0.3, -0.25) is 0 Å². The van der Waals surface area contributed by atoms with Crippen LogP contribution in [0.2, 0.25) is 18.1 Å². The largest absolute Gasteiger partial charge is 0.410 e. The van der Waals surface area contributed by atoms with E-state index in [-0.39, 0.29) is 23.7 Å². The van der Waals surface area contributed by atoms with Gasteiger partial charge in [0.25, 0.3) is 0 Å². The smallest absolute Gasteiger partial charge is 0.192 e. The minimum Gasteiger partial charge on any atom is -0.410 e. The van der Waals surface area contributed by atoms with Gasteiger partial charge in [0.15, 0.2) is 8.32 Å². The average molecular weight is 301 g/mol. The second-order valence-electron chi connectivity index (χ2n) is 7.10. The lowest BCUT2D eigenvalue weighted by atomic mass is 9.97. The molecule has 20 heavy (non-hydrogen) atoms. The van der Waals surface area contributed by atoms with Gasteiger partial charge in [0, 0.05) is 5.92 Å². The summed E-state index contributed by atoms with van der Waals surface area (Å²) in [7, 11) is -1.97. The molecule has 0 aliphatic carbocycles. The zero-order valence-electron chi connectivity index (χ0n) is 14.1. The van der Waals surface area contributed by atoms with Gasteiger partial charge in [-0.15, -0.1) is 6.58 Å². The van der Waals surface area contributed by atoms with Crippen LogP contribution in [0.1, 0.15) is 34.6 Å². The fraction of sp³-hybridized carbons (Fsp3) is 0.750. The molecule has 0 saturated heterocycles. The van der Waals surface area contributed by atoms with Crippen LogP contribution in [-0.4, -0.2) is 37.3 Å². The third-order valence-corrected chi connectivity index (χ3v) is 8.60. The monoisotopic (exact) mass is 300 g/mol. The molecule has 0 aliphatic rings. The first-order valence-corrected chi connectivity index (χ1v) is 10.1. The lowest BCUT2D eigenvalue weighted by Crippen LogP contribution is -2.48. The van der Waals surface area contributed by atoms with Crippen molar-refractivity contribution < 1.29 is 14.6 Å². The molecule has 0 fully saturated rings. The maximum absolute atomic E-state index is 10.2. The van der Waals surface area contributed by atoms with Crippen LogP contribution >= 0.6 is 0 Å². The summed E-state index contributed by atoms with van der Waals surface area (Å²) in [5, 5.41) is 19.4. The van der Waals surface area contributed by atoms with Gasteiger partial charge in [-0.05, 0) is 25.1 Å². The Bertz CT molecular complexity index is 342. The first-order valence-electron chi connectivity index (χ1n) is 7.23. The van der Waals surface area contributed by atoms with Crippen LogP contribution < -0.4 is 0 Å². The highest BCUT2D eigenvalue weighted by atomic mass is 28.4. The molecule has 3 atom stereocenters. The summed E-state index contributed by atoms with van der Waals surface area (Å²) in [4.78, 5) is 0. The van der Waals surface area contributed by atoms with E-state index < -0.39 is 14.4 Å². The van der Waals surface area contributed by atoms with Crippen LogP contribution in [-0.2, 0) is 4.43 Å². The number of hydrogen-bond acceptors (Lipinski definition) is 3. The molecule has 0 bridgehead atoms. The van der Waals surface area contributed by atoms with Crippen molar-refractivity contribution in [2.75, 3.05) is 6.61 Å². The predicted molar refractivity (Wildman–Crippen MR) is 88.3 cm³/mol. The van der Waals surface area contributed by atoms with Crippen LogP contribution in [0.25, 0.3) is 0 Å². The van der Waals surface area contributed by atoms with Gasteiger partial charge in [-0.2, -0.15) is 0 Å². The Morgan fingerprint density at radius 2 is 1.85 bits per heavy atom. The summed E-state index contributed by atoms with van der Waals surface area (Å²) >= 11 is 0.